The maximum absolute atomic E-state index is 11.6. The van der Waals surface area contributed by atoms with Crippen LogP contribution in [-0.2, 0) is 20.7 Å². The van der Waals surface area contributed by atoms with Gasteiger partial charge in [-0.3, -0.25) is 4.79 Å². The molecule has 0 bridgehead atoms. The summed E-state index contributed by atoms with van der Waals surface area (Å²) in [6.45, 7) is -0.146. The molecule has 1 aromatic rings. The second kappa shape index (κ2) is 7.27. The van der Waals surface area contributed by atoms with Gasteiger partial charge in [0.2, 0.25) is 0 Å². The van der Waals surface area contributed by atoms with Gasteiger partial charge in [-0.15, -0.1) is 0 Å². The van der Waals surface area contributed by atoms with Gasteiger partial charge in [-0.2, -0.15) is 0 Å². The molecular formula is C16H17ClO4. The molecule has 0 aromatic heterocycles. The van der Waals surface area contributed by atoms with Gasteiger partial charge in [0.1, 0.15) is 5.75 Å². The van der Waals surface area contributed by atoms with Crippen molar-refractivity contribution in [3.8, 4) is 5.75 Å². The molecule has 0 amide bonds. The topological polar surface area (TPSA) is 52.6 Å². The number of ether oxygens (including phenoxy) is 2. The number of ketones is 1. The first kappa shape index (κ1) is 15.6. The highest BCUT2D eigenvalue weighted by Crippen LogP contribution is 2.27. The number of halogens is 1. The molecule has 5 heteroatoms. The summed E-state index contributed by atoms with van der Waals surface area (Å²) in [4.78, 5) is 22.8. The molecule has 1 aliphatic rings. The van der Waals surface area contributed by atoms with Gasteiger partial charge in [-0.05, 0) is 48.6 Å². The number of hydrogen-bond acceptors (Lipinski definition) is 4. The molecule has 21 heavy (non-hydrogen) atoms. The SMILES string of the molecule is COC(=O)COc1ccc(Cl)cc1CCC1=CCCC1=O. The normalized spacial score (nSPS) is 14.0. The number of Topliss-reactive ketones (excluding diaryl/α,β-unsaturated/α-hetero) is 1. The highest BCUT2D eigenvalue weighted by molar-refractivity contribution is 6.30. The van der Waals surface area contributed by atoms with Gasteiger partial charge in [0.25, 0.3) is 0 Å². The minimum Gasteiger partial charge on any atom is -0.482 e. The second-order valence-corrected chi connectivity index (χ2v) is 5.24. The van der Waals surface area contributed by atoms with Gasteiger partial charge in [0, 0.05) is 11.4 Å². The molecule has 0 radical (unpaired) electrons. The molecule has 0 atom stereocenters. The van der Waals surface area contributed by atoms with E-state index in [1.165, 1.54) is 7.11 Å². The van der Waals surface area contributed by atoms with Crippen LogP contribution in [0.4, 0.5) is 0 Å². The van der Waals surface area contributed by atoms with E-state index in [-0.39, 0.29) is 12.4 Å². The molecule has 0 heterocycles. The second-order valence-electron chi connectivity index (χ2n) is 4.81. The zero-order valence-electron chi connectivity index (χ0n) is 11.9. The van der Waals surface area contributed by atoms with Crippen molar-refractivity contribution < 1.29 is 19.1 Å². The summed E-state index contributed by atoms with van der Waals surface area (Å²) in [5, 5.41) is 0.599. The fourth-order valence-corrected chi connectivity index (χ4v) is 2.44. The van der Waals surface area contributed by atoms with Crippen LogP contribution in [0.5, 0.6) is 5.75 Å². The summed E-state index contributed by atoms with van der Waals surface area (Å²) in [5.74, 6) is 0.370. The summed E-state index contributed by atoms with van der Waals surface area (Å²) in [7, 11) is 1.31. The first-order valence-corrected chi connectivity index (χ1v) is 7.18. The Hall–Kier alpha value is -1.81. The molecule has 112 valence electrons. The van der Waals surface area contributed by atoms with Crippen LogP contribution in [0.15, 0.2) is 29.8 Å². The van der Waals surface area contributed by atoms with Crippen LogP contribution in [0.3, 0.4) is 0 Å². The summed E-state index contributed by atoms with van der Waals surface area (Å²) in [5.41, 5.74) is 1.75. The van der Waals surface area contributed by atoms with E-state index in [1.54, 1.807) is 18.2 Å². The van der Waals surface area contributed by atoms with Gasteiger partial charge in [0.05, 0.1) is 7.11 Å². The summed E-state index contributed by atoms with van der Waals surface area (Å²) < 4.78 is 10.00. The van der Waals surface area contributed by atoms with E-state index in [1.807, 2.05) is 6.08 Å². The first-order chi connectivity index (χ1) is 10.1. The lowest BCUT2D eigenvalue weighted by atomic mass is 10.0. The lowest BCUT2D eigenvalue weighted by molar-refractivity contribution is -0.142. The highest BCUT2D eigenvalue weighted by atomic mass is 35.5. The number of carbonyl (C=O) groups excluding carboxylic acids is 2. The van der Waals surface area contributed by atoms with Gasteiger partial charge in [-0.25, -0.2) is 4.79 Å². The number of esters is 1. The minimum atomic E-state index is -0.440. The molecule has 2 rings (SSSR count). The van der Waals surface area contributed by atoms with E-state index < -0.39 is 5.97 Å². The van der Waals surface area contributed by atoms with Crippen LogP contribution in [0.1, 0.15) is 24.8 Å². The van der Waals surface area contributed by atoms with E-state index in [0.29, 0.717) is 30.0 Å². The standard InChI is InChI=1S/C16H17ClO4/c1-20-16(19)10-21-15-8-7-13(17)9-12(15)6-5-11-3-2-4-14(11)18/h3,7-9H,2,4-6,10H2,1H3. The number of aryl methyl sites for hydroxylation is 1. The molecular weight excluding hydrogens is 292 g/mol. The van der Waals surface area contributed by atoms with E-state index in [4.69, 9.17) is 16.3 Å². The third-order valence-electron chi connectivity index (χ3n) is 3.38. The van der Waals surface area contributed by atoms with Crippen molar-refractivity contribution in [3.63, 3.8) is 0 Å². The number of rotatable bonds is 6. The zero-order chi connectivity index (χ0) is 15.2. The molecule has 0 N–H and O–H groups in total. The Labute approximate surface area is 128 Å². The largest absolute Gasteiger partial charge is 0.482 e. The average molecular weight is 309 g/mol. The monoisotopic (exact) mass is 308 g/mol. The molecule has 4 nitrogen and oxygen atoms in total. The Kier molecular flexibility index (Phi) is 5.39. The van der Waals surface area contributed by atoms with E-state index in [0.717, 1.165) is 17.6 Å². The summed E-state index contributed by atoms with van der Waals surface area (Å²) in [6, 6.07) is 5.23. The van der Waals surface area contributed by atoms with E-state index in [9.17, 15) is 9.59 Å². The molecule has 1 aliphatic carbocycles. The summed E-state index contributed by atoms with van der Waals surface area (Å²) >= 11 is 6.00. The van der Waals surface area contributed by atoms with Crippen molar-refractivity contribution in [1.82, 2.24) is 0 Å². The molecule has 0 saturated carbocycles. The predicted molar refractivity (Wildman–Crippen MR) is 79.6 cm³/mol. The Morgan fingerprint density at radius 3 is 2.81 bits per heavy atom. The number of hydrogen-bond donors (Lipinski definition) is 0. The fraction of sp³-hybridized carbons (Fsp3) is 0.375. The van der Waals surface area contributed by atoms with Gasteiger partial charge < -0.3 is 9.47 Å². The fourth-order valence-electron chi connectivity index (χ4n) is 2.24. The molecule has 0 fully saturated rings. The van der Waals surface area contributed by atoms with E-state index in [2.05, 4.69) is 4.74 Å². The molecule has 0 saturated heterocycles. The third-order valence-corrected chi connectivity index (χ3v) is 3.61. The lowest BCUT2D eigenvalue weighted by Crippen LogP contribution is -2.13. The van der Waals surface area contributed by atoms with Gasteiger partial charge in [0.15, 0.2) is 12.4 Å². The van der Waals surface area contributed by atoms with Crippen molar-refractivity contribution in [2.24, 2.45) is 0 Å². The Bertz CT molecular complexity index is 578. The maximum Gasteiger partial charge on any atom is 0.343 e. The number of methoxy groups -OCH3 is 1. The van der Waals surface area contributed by atoms with Crippen LogP contribution in [0.2, 0.25) is 5.02 Å². The lowest BCUT2D eigenvalue weighted by Gasteiger charge is -2.11. The van der Waals surface area contributed by atoms with Crippen LogP contribution in [-0.4, -0.2) is 25.5 Å². The molecule has 0 aliphatic heterocycles. The first-order valence-electron chi connectivity index (χ1n) is 6.80. The van der Waals surface area contributed by atoms with Gasteiger partial charge >= 0.3 is 5.97 Å². The van der Waals surface area contributed by atoms with Crippen molar-refractivity contribution in [3.05, 3.63) is 40.4 Å². The van der Waals surface area contributed by atoms with Crippen molar-refractivity contribution in [1.29, 1.82) is 0 Å². The Balaban J connectivity index is 2.04. The quantitative estimate of drug-likeness (QED) is 0.758. The van der Waals surface area contributed by atoms with Crippen molar-refractivity contribution in [2.75, 3.05) is 13.7 Å². The molecule has 1 aromatic carbocycles. The van der Waals surface area contributed by atoms with Gasteiger partial charge in [-0.1, -0.05) is 17.7 Å². The van der Waals surface area contributed by atoms with Crippen molar-refractivity contribution in [2.45, 2.75) is 25.7 Å². The van der Waals surface area contributed by atoms with Crippen LogP contribution in [0, 0.1) is 0 Å². The smallest absolute Gasteiger partial charge is 0.343 e. The Morgan fingerprint density at radius 1 is 1.33 bits per heavy atom. The van der Waals surface area contributed by atoms with Crippen LogP contribution in [0.25, 0.3) is 0 Å². The summed E-state index contributed by atoms with van der Waals surface area (Å²) in [6.07, 6.45) is 4.73. The van der Waals surface area contributed by atoms with Crippen LogP contribution >= 0.6 is 11.6 Å². The zero-order valence-corrected chi connectivity index (χ0v) is 12.6. The maximum atomic E-state index is 11.6. The number of benzene rings is 1. The van der Waals surface area contributed by atoms with Crippen LogP contribution < -0.4 is 4.74 Å². The Morgan fingerprint density at radius 2 is 2.14 bits per heavy atom. The number of carbonyl (C=O) groups is 2. The predicted octanol–water partition coefficient (Wildman–Crippen LogP) is 3.11. The number of allylic oxidation sites excluding steroid dienone is 2. The third kappa shape index (κ3) is 4.33. The van der Waals surface area contributed by atoms with E-state index >= 15 is 0 Å². The molecule has 0 spiro atoms. The molecule has 0 unspecified atom stereocenters. The minimum absolute atomic E-state index is 0.146. The van der Waals surface area contributed by atoms with Crippen molar-refractivity contribution >= 4 is 23.4 Å². The average Bonchev–Trinajstić information content (AvgIpc) is 2.89. The highest BCUT2D eigenvalue weighted by Gasteiger charge is 2.16.